The van der Waals surface area contributed by atoms with Gasteiger partial charge in [-0.05, 0) is 56.4 Å². The second-order valence-electron chi connectivity index (χ2n) is 10.2. The van der Waals surface area contributed by atoms with Crippen LogP contribution in [-0.4, -0.2) is 65.8 Å². The number of hydrogen-bond donors (Lipinski definition) is 0. The fourth-order valence-electron chi connectivity index (χ4n) is 5.45. The second kappa shape index (κ2) is 10.7. The number of rotatable bonds is 10. The van der Waals surface area contributed by atoms with Crippen molar-refractivity contribution in [3.8, 4) is 0 Å². The van der Waals surface area contributed by atoms with E-state index in [-0.39, 0.29) is 15.4 Å². The summed E-state index contributed by atoms with van der Waals surface area (Å²) < 4.78 is 8.93. The third kappa shape index (κ3) is 6.73. The molecule has 0 bridgehead atoms. The Hall–Kier alpha value is 0.314. The van der Waals surface area contributed by atoms with E-state index in [9.17, 15) is 0 Å². The molecule has 1 rings (SSSR count). The van der Waals surface area contributed by atoms with Crippen LogP contribution in [0, 0.1) is 0 Å². The summed E-state index contributed by atoms with van der Waals surface area (Å²) in [4.78, 5) is 2.71. The van der Waals surface area contributed by atoms with E-state index in [4.69, 9.17) is 4.43 Å². The minimum Gasteiger partial charge on any atom is -0.419 e. The quantitative estimate of drug-likeness (QED) is 0.384. The number of unbranched alkanes of at least 4 members (excludes halogenated alkanes) is 1. The molecule has 0 spiro atoms. The zero-order valence-electron chi connectivity index (χ0n) is 19.4. The van der Waals surface area contributed by atoms with Crippen molar-refractivity contribution in [2.75, 3.05) is 32.7 Å². The predicted molar refractivity (Wildman–Crippen MR) is 122 cm³/mol. The van der Waals surface area contributed by atoms with Crippen molar-refractivity contribution in [3.63, 3.8) is 0 Å². The Bertz CT molecular complexity index is 364. The minimum absolute atomic E-state index is 0.0716. The van der Waals surface area contributed by atoms with Crippen LogP contribution in [0.2, 0.25) is 22.7 Å². The van der Waals surface area contributed by atoms with Crippen LogP contribution < -0.4 is 0 Å². The Kier molecular flexibility index (Phi) is 10.1. The summed E-state index contributed by atoms with van der Waals surface area (Å²) in [5.41, 5.74) is 2.58. The molecule has 0 N–H and O–H groups in total. The number of nitrogens with zero attached hydrogens (tertiary/aromatic N) is 2. The molecular weight excluding hydrogens is 352 g/mol. The lowest BCUT2D eigenvalue weighted by Crippen LogP contribution is -2.65. The largest absolute Gasteiger partial charge is 0.419 e. The molecule has 0 radical (unpaired) electrons. The summed E-state index contributed by atoms with van der Waals surface area (Å²) in [7, 11) is -1.74. The van der Waals surface area contributed by atoms with Crippen LogP contribution in [0.3, 0.4) is 0 Å². The lowest BCUT2D eigenvalue weighted by atomic mass is 10.2. The van der Waals surface area contributed by atoms with E-state index in [1.54, 1.807) is 0 Å². The monoisotopic (exact) mass is 400 g/mol. The van der Waals surface area contributed by atoms with E-state index in [1.165, 1.54) is 51.6 Å². The van der Waals surface area contributed by atoms with E-state index < -0.39 is 8.24 Å². The Labute approximate surface area is 168 Å². The van der Waals surface area contributed by atoms with Gasteiger partial charge in [-0.2, -0.15) is 0 Å². The van der Waals surface area contributed by atoms with E-state index in [0.717, 1.165) is 16.6 Å². The van der Waals surface area contributed by atoms with Crippen molar-refractivity contribution in [2.24, 2.45) is 0 Å². The van der Waals surface area contributed by atoms with Crippen molar-refractivity contribution in [3.05, 3.63) is 0 Å². The zero-order chi connectivity index (χ0) is 20.0. The smallest absolute Gasteiger partial charge is 0.162 e. The maximum Gasteiger partial charge on any atom is 0.162 e. The summed E-state index contributed by atoms with van der Waals surface area (Å²) in [6.07, 6.45) is 2.70. The van der Waals surface area contributed by atoms with Crippen LogP contribution in [0.1, 0.15) is 75.2 Å². The van der Waals surface area contributed by atoms with Crippen LogP contribution in [0.5, 0.6) is 0 Å². The van der Waals surface area contributed by atoms with Crippen LogP contribution in [-0.2, 0) is 4.43 Å². The molecule has 26 heavy (non-hydrogen) atoms. The third-order valence-corrected chi connectivity index (χ3v) is 15.3. The summed E-state index contributed by atoms with van der Waals surface area (Å²) in [6, 6.07) is 1.33. The van der Waals surface area contributed by atoms with Gasteiger partial charge in [0.1, 0.15) is 8.24 Å². The van der Waals surface area contributed by atoms with E-state index in [2.05, 4.69) is 71.8 Å². The van der Waals surface area contributed by atoms with Gasteiger partial charge in [0, 0.05) is 31.8 Å². The molecule has 0 amide bonds. The maximum absolute atomic E-state index is 5.96. The first-order chi connectivity index (χ1) is 12.0. The molecule has 0 aliphatic carbocycles. The van der Waals surface area contributed by atoms with Gasteiger partial charge < -0.3 is 13.9 Å². The minimum atomic E-state index is -1.43. The molecule has 0 atom stereocenters. The SMILES string of the molecule is CC(C)[Si](C(C)C)(C(C)C)N1CCN(CCCC[SiH2]OC(C)(C)C)CC1. The van der Waals surface area contributed by atoms with Crippen molar-refractivity contribution in [1.29, 1.82) is 0 Å². The molecule has 3 nitrogen and oxygen atoms in total. The highest BCUT2D eigenvalue weighted by Gasteiger charge is 2.48. The average Bonchev–Trinajstić information content (AvgIpc) is 2.50. The van der Waals surface area contributed by atoms with Gasteiger partial charge in [-0.1, -0.05) is 48.0 Å². The first-order valence-electron chi connectivity index (χ1n) is 11.1. The summed E-state index contributed by atoms with van der Waals surface area (Å²) in [5, 5.41) is 0. The molecular formula is C21H48N2OSi2. The van der Waals surface area contributed by atoms with Crippen LogP contribution in [0.25, 0.3) is 0 Å². The molecule has 0 aromatic heterocycles. The summed E-state index contributed by atoms with van der Waals surface area (Å²) in [6.45, 7) is 27.9. The molecule has 0 saturated carbocycles. The van der Waals surface area contributed by atoms with Gasteiger partial charge in [0.2, 0.25) is 0 Å². The van der Waals surface area contributed by atoms with Gasteiger partial charge in [-0.25, -0.2) is 0 Å². The van der Waals surface area contributed by atoms with Crippen LogP contribution in [0.15, 0.2) is 0 Å². The Balaban J connectivity index is 2.39. The van der Waals surface area contributed by atoms with Gasteiger partial charge in [-0.15, -0.1) is 0 Å². The molecule has 0 aromatic rings. The Morgan fingerprint density at radius 2 is 1.35 bits per heavy atom. The third-order valence-electron chi connectivity index (χ3n) is 6.35. The standard InChI is InChI=1S/C21H48N2OSi2/c1-18(2)26(19(3)4,20(5)6)23-15-13-22(14-16-23)12-10-11-17-25-24-21(7,8)9/h18-20H,10-17,25H2,1-9H3. The summed E-state index contributed by atoms with van der Waals surface area (Å²) >= 11 is 0. The van der Waals surface area contributed by atoms with Gasteiger partial charge >= 0.3 is 0 Å². The van der Waals surface area contributed by atoms with E-state index in [1.807, 2.05) is 0 Å². The number of hydrogen-bond acceptors (Lipinski definition) is 3. The molecule has 0 aromatic carbocycles. The zero-order valence-corrected chi connectivity index (χ0v) is 21.8. The van der Waals surface area contributed by atoms with Gasteiger partial charge in [0.15, 0.2) is 9.76 Å². The molecule has 1 fully saturated rings. The van der Waals surface area contributed by atoms with Crippen molar-refractivity contribution >= 4 is 18.0 Å². The maximum atomic E-state index is 5.96. The molecule has 156 valence electrons. The van der Waals surface area contributed by atoms with Gasteiger partial charge in [0.05, 0.1) is 0 Å². The normalized spacial score (nSPS) is 18.9. The fraction of sp³-hybridized carbons (Fsp3) is 1.00. The number of piperazine rings is 1. The molecule has 1 aliphatic rings. The topological polar surface area (TPSA) is 15.7 Å². The molecule has 1 aliphatic heterocycles. The van der Waals surface area contributed by atoms with Crippen molar-refractivity contribution in [2.45, 2.75) is 103 Å². The summed E-state index contributed by atoms with van der Waals surface area (Å²) in [5.74, 6) is 0. The highest BCUT2D eigenvalue weighted by Crippen LogP contribution is 2.44. The lowest BCUT2D eigenvalue weighted by Gasteiger charge is -2.53. The Morgan fingerprint density at radius 1 is 0.846 bits per heavy atom. The Morgan fingerprint density at radius 3 is 1.77 bits per heavy atom. The highest BCUT2D eigenvalue weighted by molar-refractivity contribution is 6.81. The molecule has 5 heteroatoms. The van der Waals surface area contributed by atoms with Gasteiger partial charge in [-0.3, -0.25) is 0 Å². The first-order valence-corrected chi connectivity index (χ1v) is 14.9. The van der Waals surface area contributed by atoms with Crippen LogP contribution >= 0.6 is 0 Å². The lowest BCUT2D eigenvalue weighted by molar-refractivity contribution is 0.137. The average molecular weight is 401 g/mol. The predicted octanol–water partition coefficient (Wildman–Crippen LogP) is 4.88. The molecule has 0 unspecified atom stereocenters. The van der Waals surface area contributed by atoms with Crippen molar-refractivity contribution in [1.82, 2.24) is 9.47 Å². The molecule has 1 heterocycles. The van der Waals surface area contributed by atoms with Crippen molar-refractivity contribution < 1.29 is 4.43 Å². The highest BCUT2D eigenvalue weighted by atomic mass is 28.3. The van der Waals surface area contributed by atoms with E-state index in [0.29, 0.717) is 0 Å². The second-order valence-corrected chi connectivity index (χ2v) is 17.5. The van der Waals surface area contributed by atoms with E-state index >= 15 is 0 Å². The molecule has 1 saturated heterocycles. The van der Waals surface area contributed by atoms with Crippen LogP contribution in [0.4, 0.5) is 0 Å². The van der Waals surface area contributed by atoms with Gasteiger partial charge in [0.25, 0.3) is 0 Å². The fourth-order valence-corrected chi connectivity index (χ4v) is 13.9. The first kappa shape index (κ1) is 24.4.